The van der Waals surface area contributed by atoms with Crippen molar-refractivity contribution in [1.82, 2.24) is 5.32 Å². The van der Waals surface area contributed by atoms with Crippen LogP contribution in [0.25, 0.3) is 0 Å². The fraction of sp³-hybridized carbons (Fsp3) is 0.800. The van der Waals surface area contributed by atoms with Crippen LogP contribution in [0.3, 0.4) is 0 Å². The van der Waals surface area contributed by atoms with Crippen molar-refractivity contribution in [2.75, 3.05) is 6.54 Å². The topological polar surface area (TPSA) is 12.0 Å². The first-order valence-electron chi connectivity index (χ1n) is 4.65. The van der Waals surface area contributed by atoms with Crippen molar-refractivity contribution >= 4 is 0 Å². The average Bonchev–Trinajstić information content (AvgIpc) is 2.53. The lowest BCUT2D eigenvalue weighted by molar-refractivity contribution is 0.325. The molecule has 0 spiro atoms. The molecule has 0 aromatic carbocycles. The Morgan fingerprint density at radius 1 is 1.55 bits per heavy atom. The summed E-state index contributed by atoms with van der Waals surface area (Å²) in [6.45, 7) is 7.99. The molecule has 1 heterocycles. The minimum Gasteiger partial charge on any atom is -0.307 e. The molecule has 1 N–H and O–H groups in total. The van der Waals surface area contributed by atoms with E-state index < -0.39 is 0 Å². The van der Waals surface area contributed by atoms with E-state index in [0.717, 1.165) is 18.4 Å². The van der Waals surface area contributed by atoms with Crippen LogP contribution in [0.15, 0.2) is 12.2 Å². The molecule has 0 aromatic heterocycles. The summed E-state index contributed by atoms with van der Waals surface area (Å²) in [5.41, 5.74) is 0. The Morgan fingerprint density at radius 2 is 2.27 bits per heavy atom. The Morgan fingerprint density at radius 3 is 2.73 bits per heavy atom. The smallest absolute Gasteiger partial charge is 0.0281 e. The molecule has 0 bridgehead atoms. The van der Waals surface area contributed by atoms with Crippen LogP contribution in [0, 0.1) is 11.8 Å². The monoisotopic (exact) mass is 153 g/mol. The van der Waals surface area contributed by atoms with Gasteiger partial charge in [-0.1, -0.05) is 39.3 Å². The summed E-state index contributed by atoms with van der Waals surface area (Å²) in [6, 6.07) is 0.630. The highest BCUT2D eigenvalue weighted by molar-refractivity contribution is 5.04. The molecule has 11 heavy (non-hydrogen) atoms. The molecule has 0 radical (unpaired) electrons. The normalized spacial score (nSPS) is 28.8. The maximum absolute atomic E-state index is 3.46. The van der Waals surface area contributed by atoms with E-state index in [1.54, 1.807) is 0 Å². The molecule has 1 aliphatic rings. The van der Waals surface area contributed by atoms with Gasteiger partial charge in [-0.25, -0.2) is 0 Å². The molecule has 0 aliphatic carbocycles. The van der Waals surface area contributed by atoms with Gasteiger partial charge in [0.15, 0.2) is 0 Å². The van der Waals surface area contributed by atoms with E-state index >= 15 is 0 Å². The van der Waals surface area contributed by atoms with E-state index in [4.69, 9.17) is 0 Å². The highest BCUT2D eigenvalue weighted by atomic mass is 14.9. The van der Waals surface area contributed by atoms with Gasteiger partial charge in [0.05, 0.1) is 0 Å². The first-order valence-corrected chi connectivity index (χ1v) is 4.65. The molecular formula is C10H19N. The van der Waals surface area contributed by atoms with Gasteiger partial charge in [-0.05, 0) is 11.8 Å². The molecule has 0 saturated carbocycles. The van der Waals surface area contributed by atoms with Crippen LogP contribution in [0.2, 0.25) is 0 Å². The van der Waals surface area contributed by atoms with Crippen LogP contribution in [0.5, 0.6) is 0 Å². The van der Waals surface area contributed by atoms with E-state index in [2.05, 4.69) is 38.2 Å². The standard InChI is InChI=1S/C10H19N/c1-4-8(2)9(3)10-6-5-7-11-10/h5-6,8-11H,4,7H2,1-3H3. The molecule has 1 rings (SSSR count). The van der Waals surface area contributed by atoms with Crippen LogP contribution < -0.4 is 5.32 Å². The average molecular weight is 153 g/mol. The van der Waals surface area contributed by atoms with Gasteiger partial charge in [0.2, 0.25) is 0 Å². The lowest BCUT2D eigenvalue weighted by Gasteiger charge is -2.23. The Balaban J connectivity index is 2.39. The van der Waals surface area contributed by atoms with E-state index in [0.29, 0.717) is 6.04 Å². The number of nitrogens with one attached hydrogen (secondary N) is 1. The second kappa shape index (κ2) is 3.91. The van der Waals surface area contributed by atoms with Gasteiger partial charge < -0.3 is 5.32 Å². The number of hydrogen-bond acceptors (Lipinski definition) is 1. The van der Waals surface area contributed by atoms with Gasteiger partial charge in [0, 0.05) is 12.6 Å². The molecule has 0 amide bonds. The molecule has 3 unspecified atom stereocenters. The lowest BCUT2D eigenvalue weighted by Crippen LogP contribution is -2.32. The third-order valence-electron chi connectivity index (χ3n) is 2.92. The van der Waals surface area contributed by atoms with Gasteiger partial charge in [-0.2, -0.15) is 0 Å². The Labute approximate surface area is 69.9 Å². The van der Waals surface area contributed by atoms with Gasteiger partial charge in [-0.3, -0.25) is 0 Å². The minimum atomic E-state index is 0.630. The summed E-state index contributed by atoms with van der Waals surface area (Å²) in [6.07, 6.45) is 5.81. The molecular weight excluding hydrogens is 134 g/mol. The first-order chi connectivity index (χ1) is 5.25. The molecule has 0 fully saturated rings. The van der Waals surface area contributed by atoms with Crippen molar-refractivity contribution in [3.63, 3.8) is 0 Å². The van der Waals surface area contributed by atoms with E-state index in [1.165, 1.54) is 6.42 Å². The van der Waals surface area contributed by atoms with Gasteiger partial charge in [-0.15, -0.1) is 0 Å². The number of rotatable bonds is 3. The van der Waals surface area contributed by atoms with Crippen molar-refractivity contribution in [2.45, 2.75) is 33.2 Å². The number of hydrogen-bond donors (Lipinski definition) is 1. The molecule has 64 valence electrons. The molecule has 0 saturated heterocycles. The Bertz CT molecular complexity index is 140. The lowest BCUT2D eigenvalue weighted by atomic mass is 9.88. The maximum Gasteiger partial charge on any atom is 0.0281 e. The van der Waals surface area contributed by atoms with Crippen molar-refractivity contribution in [3.05, 3.63) is 12.2 Å². The van der Waals surface area contributed by atoms with Gasteiger partial charge in [0.1, 0.15) is 0 Å². The summed E-state index contributed by atoms with van der Waals surface area (Å²) >= 11 is 0. The summed E-state index contributed by atoms with van der Waals surface area (Å²) < 4.78 is 0. The maximum atomic E-state index is 3.46. The van der Waals surface area contributed by atoms with Crippen LogP contribution >= 0.6 is 0 Å². The Hall–Kier alpha value is -0.300. The third kappa shape index (κ3) is 2.06. The van der Waals surface area contributed by atoms with Gasteiger partial charge in [0.25, 0.3) is 0 Å². The summed E-state index contributed by atoms with van der Waals surface area (Å²) in [7, 11) is 0. The quantitative estimate of drug-likeness (QED) is 0.613. The summed E-state index contributed by atoms with van der Waals surface area (Å²) in [5.74, 6) is 1.61. The highest BCUT2D eigenvalue weighted by Gasteiger charge is 2.20. The first kappa shape index (κ1) is 8.79. The molecule has 1 aliphatic heterocycles. The zero-order valence-corrected chi connectivity index (χ0v) is 7.80. The van der Waals surface area contributed by atoms with E-state index in [9.17, 15) is 0 Å². The van der Waals surface area contributed by atoms with Crippen molar-refractivity contribution in [2.24, 2.45) is 11.8 Å². The van der Waals surface area contributed by atoms with E-state index in [1.807, 2.05) is 0 Å². The third-order valence-corrected chi connectivity index (χ3v) is 2.92. The minimum absolute atomic E-state index is 0.630. The van der Waals surface area contributed by atoms with Crippen LogP contribution in [-0.2, 0) is 0 Å². The molecule has 0 aromatic rings. The summed E-state index contributed by atoms with van der Waals surface area (Å²) in [4.78, 5) is 0. The zero-order valence-electron chi connectivity index (χ0n) is 7.80. The second-order valence-corrected chi connectivity index (χ2v) is 3.61. The zero-order chi connectivity index (χ0) is 8.27. The predicted molar refractivity (Wildman–Crippen MR) is 49.5 cm³/mol. The Kier molecular flexibility index (Phi) is 3.13. The molecule has 1 heteroatoms. The van der Waals surface area contributed by atoms with Gasteiger partial charge >= 0.3 is 0 Å². The molecule has 3 atom stereocenters. The van der Waals surface area contributed by atoms with Crippen molar-refractivity contribution in [1.29, 1.82) is 0 Å². The second-order valence-electron chi connectivity index (χ2n) is 3.61. The molecule has 1 nitrogen and oxygen atoms in total. The highest BCUT2D eigenvalue weighted by Crippen LogP contribution is 2.20. The van der Waals surface area contributed by atoms with E-state index in [-0.39, 0.29) is 0 Å². The van der Waals surface area contributed by atoms with Crippen LogP contribution in [0.4, 0.5) is 0 Å². The fourth-order valence-corrected chi connectivity index (χ4v) is 1.57. The SMILES string of the molecule is CCC(C)C(C)C1C=CCN1. The van der Waals surface area contributed by atoms with Crippen molar-refractivity contribution < 1.29 is 0 Å². The fourth-order valence-electron chi connectivity index (χ4n) is 1.57. The van der Waals surface area contributed by atoms with Crippen LogP contribution in [0.1, 0.15) is 27.2 Å². The predicted octanol–water partition coefficient (Wildman–Crippen LogP) is 2.20. The van der Waals surface area contributed by atoms with Crippen LogP contribution in [-0.4, -0.2) is 12.6 Å². The van der Waals surface area contributed by atoms with Crippen molar-refractivity contribution in [3.8, 4) is 0 Å². The largest absolute Gasteiger partial charge is 0.307 e. The summed E-state index contributed by atoms with van der Waals surface area (Å²) in [5, 5.41) is 3.46.